The van der Waals surface area contributed by atoms with Crippen molar-refractivity contribution in [3.8, 4) is 0 Å². The van der Waals surface area contributed by atoms with Crippen LogP contribution in [0.15, 0.2) is 44.6 Å². The molecular formula is C20H21N3O2S. The van der Waals surface area contributed by atoms with Gasteiger partial charge in [0.2, 0.25) is 0 Å². The minimum atomic E-state index is -0.141. The molecule has 1 N–H and O–H groups in total. The second-order valence-electron chi connectivity index (χ2n) is 6.64. The van der Waals surface area contributed by atoms with E-state index >= 15 is 0 Å². The van der Waals surface area contributed by atoms with E-state index in [1.54, 1.807) is 6.08 Å². The van der Waals surface area contributed by atoms with Gasteiger partial charge in [-0.05, 0) is 56.1 Å². The molecule has 2 aromatic rings. The molecule has 2 saturated heterocycles. The maximum Gasteiger partial charge on any atom is 0.264 e. The van der Waals surface area contributed by atoms with E-state index in [0.29, 0.717) is 15.8 Å². The van der Waals surface area contributed by atoms with Gasteiger partial charge in [0, 0.05) is 25.2 Å². The molecule has 4 rings (SSSR count). The van der Waals surface area contributed by atoms with Gasteiger partial charge in [-0.2, -0.15) is 0 Å². The number of thioether (sulfide) groups is 1. The monoisotopic (exact) mass is 367 g/mol. The Bertz CT molecular complexity index is 908. The molecule has 1 aromatic carbocycles. The number of furan rings is 1. The van der Waals surface area contributed by atoms with Crippen LogP contribution < -0.4 is 10.2 Å². The summed E-state index contributed by atoms with van der Waals surface area (Å²) in [6.07, 6.45) is 4.19. The van der Waals surface area contributed by atoms with Gasteiger partial charge < -0.3 is 14.6 Å². The number of amidine groups is 1. The zero-order chi connectivity index (χ0) is 18.1. The smallest absolute Gasteiger partial charge is 0.264 e. The van der Waals surface area contributed by atoms with Gasteiger partial charge in [0.05, 0.1) is 10.6 Å². The van der Waals surface area contributed by atoms with Crippen LogP contribution in [0, 0.1) is 13.8 Å². The van der Waals surface area contributed by atoms with Gasteiger partial charge in [0.25, 0.3) is 5.91 Å². The number of hydrogen-bond acceptors (Lipinski definition) is 5. The summed E-state index contributed by atoms with van der Waals surface area (Å²) in [6, 6.07) is 9.96. The summed E-state index contributed by atoms with van der Waals surface area (Å²) in [5.41, 5.74) is 3.15. The van der Waals surface area contributed by atoms with E-state index in [4.69, 9.17) is 4.42 Å². The zero-order valence-corrected chi connectivity index (χ0v) is 15.7. The normalized spacial score (nSPS) is 20.4. The molecule has 1 aromatic heterocycles. The third-order valence-corrected chi connectivity index (χ3v) is 5.44. The van der Waals surface area contributed by atoms with E-state index < -0.39 is 0 Å². The molecule has 6 heteroatoms. The topological polar surface area (TPSA) is 57.8 Å². The molecule has 0 unspecified atom stereocenters. The van der Waals surface area contributed by atoms with Gasteiger partial charge in [0.15, 0.2) is 11.1 Å². The molecule has 1 amide bonds. The Morgan fingerprint density at radius 1 is 1.19 bits per heavy atom. The Balaban J connectivity index is 1.52. The zero-order valence-electron chi connectivity index (χ0n) is 14.9. The van der Waals surface area contributed by atoms with Crippen LogP contribution >= 0.6 is 11.8 Å². The average molecular weight is 367 g/mol. The van der Waals surface area contributed by atoms with Crippen molar-refractivity contribution in [2.45, 2.75) is 26.7 Å². The number of aryl methyl sites for hydroxylation is 2. The first kappa shape index (κ1) is 17.0. The lowest BCUT2D eigenvalue weighted by atomic mass is 10.1. The highest BCUT2D eigenvalue weighted by Gasteiger charge is 2.25. The van der Waals surface area contributed by atoms with Crippen LogP contribution in [0.4, 0.5) is 11.6 Å². The summed E-state index contributed by atoms with van der Waals surface area (Å²) in [5.74, 6) is 1.43. The van der Waals surface area contributed by atoms with Crippen molar-refractivity contribution in [2.75, 3.05) is 18.0 Å². The second kappa shape index (κ2) is 7.03. The quantitative estimate of drug-likeness (QED) is 0.818. The molecule has 0 saturated carbocycles. The summed E-state index contributed by atoms with van der Waals surface area (Å²) in [6.45, 7) is 6.14. The molecule has 26 heavy (non-hydrogen) atoms. The van der Waals surface area contributed by atoms with E-state index in [1.807, 2.05) is 31.2 Å². The number of benzene rings is 1. The van der Waals surface area contributed by atoms with Crippen molar-refractivity contribution in [1.82, 2.24) is 5.32 Å². The lowest BCUT2D eigenvalue weighted by Crippen LogP contribution is -2.19. The first-order chi connectivity index (χ1) is 12.6. The predicted molar refractivity (Wildman–Crippen MR) is 107 cm³/mol. The summed E-state index contributed by atoms with van der Waals surface area (Å²) in [4.78, 5) is 19.7. The number of hydrogen-bond donors (Lipinski definition) is 1. The standard InChI is InChI=1S/C20H21N3O2S/c1-13-5-7-16(14(2)11-13)21-20-22-19(24)17(26-20)12-15-6-8-18(25-15)23-9-3-4-10-23/h5-8,11-12H,3-4,9-10H2,1-2H3,(H,21,22,24)/b17-12+. The molecule has 0 bridgehead atoms. The fraction of sp³-hybridized carbons (Fsp3) is 0.300. The van der Waals surface area contributed by atoms with Crippen molar-refractivity contribution in [1.29, 1.82) is 0 Å². The van der Waals surface area contributed by atoms with Crippen LogP contribution in [0.2, 0.25) is 0 Å². The molecule has 134 valence electrons. The highest BCUT2D eigenvalue weighted by molar-refractivity contribution is 8.18. The summed E-state index contributed by atoms with van der Waals surface area (Å²) >= 11 is 1.34. The molecule has 5 nitrogen and oxygen atoms in total. The highest BCUT2D eigenvalue weighted by Crippen LogP contribution is 2.31. The molecule has 3 heterocycles. The maximum absolute atomic E-state index is 12.2. The Labute approximate surface area is 157 Å². The van der Waals surface area contributed by atoms with Gasteiger partial charge in [-0.1, -0.05) is 17.7 Å². The Hall–Kier alpha value is -2.47. The number of anilines is 1. The van der Waals surface area contributed by atoms with E-state index in [-0.39, 0.29) is 5.91 Å². The molecule has 2 aliphatic heterocycles. The van der Waals surface area contributed by atoms with E-state index in [1.165, 1.54) is 30.2 Å². The third kappa shape index (κ3) is 3.55. The van der Waals surface area contributed by atoms with Gasteiger partial charge in [-0.25, -0.2) is 4.99 Å². The average Bonchev–Trinajstić information content (AvgIpc) is 3.32. The van der Waals surface area contributed by atoms with Crippen molar-refractivity contribution < 1.29 is 9.21 Å². The number of nitrogens with zero attached hydrogens (tertiary/aromatic N) is 2. The first-order valence-electron chi connectivity index (χ1n) is 8.80. The number of rotatable bonds is 3. The Kier molecular flexibility index (Phi) is 4.59. The molecule has 2 fully saturated rings. The fourth-order valence-corrected chi connectivity index (χ4v) is 3.99. The van der Waals surface area contributed by atoms with Gasteiger partial charge in [-0.15, -0.1) is 0 Å². The molecule has 0 spiro atoms. The van der Waals surface area contributed by atoms with Crippen LogP contribution in [-0.2, 0) is 4.79 Å². The van der Waals surface area contributed by atoms with Crippen LogP contribution in [0.3, 0.4) is 0 Å². The van der Waals surface area contributed by atoms with Crippen molar-refractivity contribution >= 4 is 40.5 Å². The minimum absolute atomic E-state index is 0.141. The van der Waals surface area contributed by atoms with Crippen LogP contribution in [0.1, 0.15) is 29.7 Å². The van der Waals surface area contributed by atoms with Crippen LogP contribution in [0.5, 0.6) is 0 Å². The second-order valence-corrected chi connectivity index (χ2v) is 7.67. The highest BCUT2D eigenvalue weighted by atomic mass is 32.2. The lowest BCUT2D eigenvalue weighted by Gasteiger charge is -2.12. The molecule has 0 radical (unpaired) electrons. The van der Waals surface area contributed by atoms with Gasteiger partial charge in [0.1, 0.15) is 5.76 Å². The maximum atomic E-state index is 12.2. The molecule has 0 atom stereocenters. The summed E-state index contributed by atoms with van der Waals surface area (Å²) in [7, 11) is 0. The van der Waals surface area contributed by atoms with Gasteiger partial charge >= 0.3 is 0 Å². The Morgan fingerprint density at radius 3 is 2.77 bits per heavy atom. The summed E-state index contributed by atoms with van der Waals surface area (Å²) in [5, 5.41) is 3.43. The van der Waals surface area contributed by atoms with Crippen molar-refractivity contribution in [3.05, 3.63) is 52.1 Å². The SMILES string of the molecule is Cc1ccc(N=C2NC(=O)/C(=C\c3ccc(N4CCCC4)o3)S2)c(C)c1. The first-order valence-corrected chi connectivity index (χ1v) is 9.62. The third-order valence-electron chi connectivity index (χ3n) is 4.53. The number of amides is 1. The largest absolute Gasteiger partial charge is 0.441 e. The molecule has 2 aliphatic rings. The number of aliphatic imine (C=N–C) groups is 1. The summed E-state index contributed by atoms with van der Waals surface area (Å²) < 4.78 is 5.88. The number of carbonyl (C=O) groups excluding carboxylic acids is 1. The van der Waals surface area contributed by atoms with E-state index in [0.717, 1.165) is 30.2 Å². The number of carbonyl (C=O) groups is 1. The van der Waals surface area contributed by atoms with Crippen molar-refractivity contribution in [2.24, 2.45) is 4.99 Å². The fourth-order valence-electron chi connectivity index (χ4n) is 3.18. The minimum Gasteiger partial charge on any atom is -0.441 e. The number of nitrogens with one attached hydrogen (secondary N) is 1. The molecule has 0 aliphatic carbocycles. The van der Waals surface area contributed by atoms with Crippen LogP contribution in [0.25, 0.3) is 6.08 Å². The van der Waals surface area contributed by atoms with Crippen LogP contribution in [-0.4, -0.2) is 24.2 Å². The van der Waals surface area contributed by atoms with Gasteiger partial charge in [-0.3, -0.25) is 4.79 Å². The Morgan fingerprint density at radius 2 is 2.00 bits per heavy atom. The van der Waals surface area contributed by atoms with Crippen molar-refractivity contribution in [3.63, 3.8) is 0 Å². The van der Waals surface area contributed by atoms with E-state index in [2.05, 4.69) is 28.2 Å². The molecular weight excluding hydrogens is 346 g/mol. The van der Waals surface area contributed by atoms with E-state index in [9.17, 15) is 4.79 Å². The predicted octanol–water partition coefficient (Wildman–Crippen LogP) is 4.39. The lowest BCUT2D eigenvalue weighted by molar-refractivity contribution is -0.115.